The van der Waals surface area contributed by atoms with E-state index in [1.165, 1.54) is 6.07 Å². The van der Waals surface area contributed by atoms with E-state index < -0.39 is 6.04 Å². The van der Waals surface area contributed by atoms with Crippen LogP contribution in [-0.4, -0.2) is 21.9 Å². The van der Waals surface area contributed by atoms with Crippen molar-refractivity contribution in [3.63, 3.8) is 0 Å². The Bertz CT molecular complexity index is 281. The van der Waals surface area contributed by atoms with Crippen molar-refractivity contribution < 1.29 is 5.11 Å². The molecule has 0 aliphatic heterocycles. The van der Waals surface area contributed by atoms with Gasteiger partial charge < -0.3 is 10.8 Å². The number of nitrogens with two attached hydrogens (primary N) is 1. The molecule has 1 atom stereocenters. The number of aromatic nitrogens is 2. The van der Waals surface area contributed by atoms with Gasteiger partial charge in [-0.1, -0.05) is 23.2 Å². The first-order chi connectivity index (χ1) is 5.65. The fourth-order valence-electron chi connectivity index (χ4n) is 0.725. The van der Waals surface area contributed by atoms with Crippen molar-refractivity contribution in [3.05, 3.63) is 21.9 Å². The first-order valence-electron chi connectivity index (χ1n) is 3.20. The lowest BCUT2D eigenvalue weighted by Crippen LogP contribution is -2.15. The molecule has 0 radical (unpaired) electrons. The van der Waals surface area contributed by atoms with Crippen LogP contribution in [0.2, 0.25) is 10.3 Å². The van der Waals surface area contributed by atoms with Crippen LogP contribution in [0.5, 0.6) is 0 Å². The van der Waals surface area contributed by atoms with E-state index in [0.29, 0.717) is 5.56 Å². The van der Waals surface area contributed by atoms with E-state index in [0.717, 1.165) is 0 Å². The summed E-state index contributed by atoms with van der Waals surface area (Å²) in [5.74, 6) is 0. The largest absolute Gasteiger partial charge is 0.394 e. The van der Waals surface area contributed by atoms with Gasteiger partial charge in [0.1, 0.15) is 0 Å². The maximum Gasteiger partial charge on any atom is 0.156 e. The van der Waals surface area contributed by atoms with E-state index in [1.54, 1.807) is 0 Å². The second-order valence-electron chi connectivity index (χ2n) is 2.20. The molecule has 66 valence electrons. The van der Waals surface area contributed by atoms with Crippen LogP contribution in [0, 0.1) is 0 Å². The number of aliphatic hydroxyl groups is 1. The minimum atomic E-state index is -0.564. The maximum atomic E-state index is 8.73. The highest BCUT2D eigenvalue weighted by atomic mass is 35.5. The molecule has 0 spiro atoms. The summed E-state index contributed by atoms with van der Waals surface area (Å²) in [6.07, 6.45) is 0. The third-order valence-corrected chi connectivity index (χ3v) is 1.82. The highest BCUT2D eigenvalue weighted by Crippen LogP contribution is 2.20. The van der Waals surface area contributed by atoms with E-state index in [2.05, 4.69) is 10.2 Å². The smallest absolute Gasteiger partial charge is 0.156 e. The third kappa shape index (κ3) is 2.04. The maximum absolute atomic E-state index is 8.73. The fourth-order valence-corrected chi connectivity index (χ4v) is 1.11. The number of nitrogens with zero attached hydrogens (tertiary/aromatic N) is 2. The number of hydrogen-bond donors (Lipinski definition) is 2. The van der Waals surface area contributed by atoms with Crippen molar-refractivity contribution in [2.75, 3.05) is 6.61 Å². The number of aliphatic hydroxyl groups excluding tert-OH is 1. The van der Waals surface area contributed by atoms with Gasteiger partial charge in [-0.15, -0.1) is 10.2 Å². The lowest BCUT2D eigenvalue weighted by atomic mass is 10.1. The molecule has 1 heterocycles. The van der Waals surface area contributed by atoms with E-state index in [-0.39, 0.29) is 16.9 Å². The summed E-state index contributed by atoms with van der Waals surface area (Å²) in [7, 11) is 0. The number of halogens is 2. The van der Waals surface area contributed by atoms with Gasteiger partial charge in [-0.2, -0.15) is 0 Å². The van der Waals surface area contributed by atoms with Crippen LogP contribution >= 0.6 is 23.2 Å². The number of rotatable bonds is 2. The fraction of sp³-hybridized carbons (Fsp3) is 0.333. The van der Waals surface area contributed by atoms with Crippen molar-refractivity contribution in [1.29, 1.82) is 0 Å². The van der Waals surface area contributed by atoms with Crippen molar-refractivity contribution in [3.8, 4) is 0 Å². The second kappa shape index (κ2) is 4.00. The van der Waals surface area contributed by atoms with Gasteiger partial charge in [-0.25, -0.2) is 0 Å². The predicted molar refractivity (Wildman–Crippen MR) is 46.1 cm³/mol. The first-order valence-corrected chi connectivity index (χ1v) is 3.95. The average molecular weight is 208 g/mol. The molecule has 1 aromatic heterocycles. The molecule has 0 saturated heterocycles. The van der Waals surface area contributed by atoms with E-state index >= 15 is 0 Å². The van der Waals surface area contributed by atoms with Gasteiger partial charge in [0.2, 0.25) is 0 Å². The van der Waals surface area contributed by atoms with Gasteiger partial charge in [0.05, 0.1) is 12.6 Å². The molecular formula is C6H7Cl2N3O. The highest BCUT2D eigenvalue weighted by molar-refractivity contribution is 6.31. The molecule has 1 aromatic rings. The SMILES string of the molecule is NC(CO)c1cc(Cl)nnc1Cl. The average Bonchev–Trinajstić information content (AvgIpc) is 2.08. The lowest BCUT2D eigenvalue weighted by Gasteiger charge is -2.08. The lowest BCUT2D eigenvalue weighted by molar-refractivity contribution is 0.267. The molecular weight excluding hydrogens is 201 g/mol. The molecule has 3 N–H and O–H groups in total. The van der Waals surface area contributed by atoms with Gasteiger partial charge in [0, 0.05) is 5.56 Å². The van der Waals surface area contributed by atoms with Crippen LogP contribution in [0.3, 0.4) is 0 Å². The minimum absolute atomic E-state index is 0.168. The van der Waals surface area contributed by atoms with Crippen molar-refractivity contribution in [2.24, 2.45) is 5.73 Å². The zero-order valence-electron chi connectivity index (χ0n) is 6.04. The van der Waals surface area contributed by atoms with Crippen LogP contribution < -0.4 is 5.73 Å². The summed E-state index contributed by atoms with van der Waals surface area (Å²) in [6, 6.07) is 0.920. The van der Waals surface area contributed by atoms with Crippen LogP contribution in [-0.2, 0) is 0 Å². The first kappa shape index (κ1) is 9.67. The van der Waals surface area contributed by atoms with Crippen LogP contribution in [0.15, 0.2) is 6.07 Å². The Morgan fingerprint density at radius 2 is 2.17 bits per heavy atom. The Labute approximate surface area is 79.3 Å². The molecule has 6 heteroatoms. The second-order valence-corrected chi connectivity index (χ2v) is 2.95. The van der Waals surface area contributed by atoms with E-state index in [1.807, 2.05) is 0 Å². The molecule has 0 aromatic carbocycles. The van der Waals surface area contributed by atoms with Gasteiger partial charge >= 0.3 is 0 Å². The molecule has 1 rings (SSSR count). The summed E-state index contributed by atoms with van der Waals surface area (Å²) in [4.78, 5) is 0. The highest BCUT2D eigenvalue weighted by Gasteiger charge is 2.11. The third-order valence-electron chi connectivity index (χ3n) is 1.34. The van der Waals surface area contributed by atoms with E-state index in [4.69, 9.17) is 34.0 Å². The Morgan fingerprint density at radius 3 is 2.75 bits per heavy atom. The van der Waals surface area contributed by atoms with Crippen LogP contribution in [0.25, 0.3) is 0 Å². The quantitative estimate of drug-likeness (QED) is 0.752. The minimum Gasteiger partial charge on any atom is -0.394 e. The topological polar surface area (TPSA) is 72.0 Å². The van der Waals surface area contributed by atoms with Crippen LogP contribution in [0.4, 0.5) is 0 Å². The Hall–Kier alpha value is -0.420. The van der Waals surface area contributed by atoms with Crippen molar-refractivity contribution in [1.82, 2.24) is 10.2 Å². The molecule has 0 saturated carbocycles. The van der Waals surface area contributed by atoms with Crippen molar-refractivity contribution >= 4 is 23.2 Å². The monoisotopic (exact) mass is 207 g/mol. The molecule has 0 aliphatic carbocycles. The molecule has 1 unspecified atom stereocenters. The number of hydrogen-bond acceptors (Lipinski definition) is 4. The normalized spacial score (nSPS) is 13.0. The summed E-state index contributed by atoms with van der Waals surface area (Å²) >= 11 is 11.2. The molecule has 0 fully saturated rings. The van der Waals surface area contributed by atoms with Crippen LogP contribution in [0.1, 0.15) is 11.6 Å². The summed E-state index contributed by atoms with van der Waals surface area (Å²) < 4.78 is 0. The standard InChI is InChI=1S/C6H7Cl2N3O/c7-5-1-3(4(9)2-12)6(8)11-10-5/h1,4,12H,2,9H2. The van der Waals surface area contributed by atoms with Gasteiger partial charge in [-0.05, 0) is 6.07 Å². The van der Waals surface area contributed by atoms with Gasteiger partial charge in [-0.3, -0.25) is 0 Å². The zero-order chi connectivity index (χ0) is 9.14. The Balaban J connectivity index is 3.04. The molecule has 12 heavy (non-hydrogen) atoms. The molecule has 0 aliphatic rings. The summed E-state index contributed by atoms with van der Waals surface area (Å²) in [5, 5.41) is 16.1. The predicted octanol–water partition coefficient (Wildman–Crippen LogP) is 0.775. The van der Waals surface area contributed by atoms with Gasteiger partial charge in [0.25, 0.3) is 0 Å². The Morgan fingerprint density at radius 1 is 1.50 bits per heavy atom. The zero-order valence-corrected chi connectivity index (χ0v) is 7.55. The summed E-state index contributed by atoms with van der Waals surface area (Å²) in [5.41, 5.74) is 6.00. The van der Waals surface area contributed by atoms with Crippen molar-refractivity contribution in [2.45, 2.75) is 6.04 Å². The molecule has 0 bridgehead atoms. The Kier molecular flexibility index (Phi) is 3.22. The molecule has 0 amide bonds. The van der Waals surface area contributed by atoms with E-state index in [9.17, 15) is 0 Å². The summed E-state index contributed by atoms with van der Waals surface area (Å²) in [6.45, 7) is -0.207. The molecule has 4 nitrogen and oxygen atoms in total. The van der Waals surface area contributed by atoms with Gasteiger partial charge in [0.15, 0.2) is 10.3 Å².